The van der Waals surface area contributed by atoms with E-state index >= 15 is 0 Å². The molecule has 0 saturated carbocycles. The van der Waals surface area contributed by atoms with Crippen molar-refractivity contribution < 1.29 is 14.6 Å². The largest absolute Gasteiger partial charge is 0.497 e. The Hall–Kier alpha value is -2.40. The fraction of sp³-hybridized carbons (Fsp3) is 0.368. The second kappa shape index (κ2) is 7.45. The van der Waals surface area contributed by atoms with E-state index < -0.39 is 5.97 Å². The first-order chi connectivity index (χ1) is 11.7. The Morgan fingerprint density at radius 1 is 1.25 bits per heavy atom. The summed E-state index contributed by atoms with van der Waals surface area (Å²) in [6.07, 6.45) is 5.00. The number of nitrogens with zero attached hydrogens (tertiary/aromatic N) is 2. The molecule has 24 heavy (non-hydrogen) atoms. The first-order valence-electron chi connectivity index (χ1n) is 8.20. The van der Waals surface area contributed by atoms with Crippen LogP contribution in [0.3, 0.4) is 0 Å². The average Bonchev–Trinajstić information content (AvgIpc) is 2.63. The molecule has 1 aromatic heterocycles. The van der Waals surface area contributed by atoms with Crippen molar-refractivity contribution in [3.05, 3.63) is 59.9 Å². The molecule has 0 bridgehead atoms. The number of methoxy groups -OCH3 is 1. The second-order valence-corrected chi connectivity index (χ2v) is 6.11. The number of carboxylic acids is 1. The third kappa shape index (κ3) is 3.57. The minimum absolute atomic E-state index is 0.0588. The molecule has 0 amide bonds. The maximum atomic E-state index is 11.2. The maximum absolute atomic E-state index is 11.2. The summed E-state index contributed by atoms with van der Waals surface area (Å²) in [4.78, 5) is 17.8. The van der Waals surface area contributed by atoms with Gasteiger partial charge in [0.2, 0.25) is 0 Å². The van der Waals surface area contributed by atoms with E-state index in [1.807, 2.05) is 30.5 Å². The molecule has 0 aliphatic carbocycles. The van der Waals surface area contributed by atoms with Crippen LogP contribution in [-0.4, -0.2) is 41.2 Å². The van der Waals surface area contributed by atoms with Crippen molar-refractivity contribution in [3.63, 3.8) is 0 Å². The third-order valence-electron chi connectivity index (χ3n) is 4.65. The fourth-order valence-electron chi connectivity index (χ4n) is 3.37. The van der Waals surface area contributed by atoms with Crippen LogP contribution in [-0.2, 0) is 4.79 Å². The first kappa shape index (κ1) is 16.5. The summed E-state index contributed by atoms with van der Waals surface area (Å²) in [7, 11) is 1.66. The van der Waals surface area contributed by atoms with Gasteiger partial charge in [0.05, 0.1) is 19.1 Å². The Balaban J connectivity index is 1.90. The van der Waals surface area contributed by atoms with Crippen molar-refractivity contribution in [2.24, 2.45) is 5.92 Å². The lowest BCUT2D eigenvalue weighted by Crippen LogP contribution is -2.39. The number of pyridine rings is 1. The normalized spacial score (nSPS) is 17.4. The molecular formula is C19H22N2O3. The number of piperidine rings is 1. The maximum Gasteiger partial charge on any atom is 0.306 e. The molecule has 1 aliphatic rings. The zero-order valence-electron chi connectivity index (χ0n) is 13.8. The molecule has 1 saturated heterocycles. The smallest absolute Gasteiger partial charge is 0.306 e. The monoisotopic (exact) mass is 326 g/mol. The number of carboxylic acid groups (broad SMARTS) is 1. The molecule has 1 aromatic carbocycles. The molecule has 5 nitrogen and oxygen atoms in total. The van der Waals surface area contributed by atoms with Crippen molar-refractivity contribution in [2.75, 3.05) is 20.2 Å². The summed E-state index contributed by atoms with van der Waals surface area (Å²) in [5, 5.41) is 9.22. The van der Waals surface area contributed by atoms with Crippen molar-refractivity contribution >= 4 is 5.97 Å². The highest BCUT2D eigenvalue weighted by Gasteiger charge is 2.30. The van der Waals surface area contributed by atoms with Gasteiger partial charge >= 0.3 is 5.97 Å². The Morgan fingerprint density at radius 2 is 2.00 bits per heavy atom. The van der Waals surface area contributed by atoms with Crippen molar-refractivity contribution in [1.82, 2.24) is 9.88 Å². The first-order valence-corrected chi connectivity index (χ1v) is 8.20. The number of hydrogen-bond acceptors (Lipinski definition) is 4. The third-order valence-corrected chi connectivity index (χ3v) is 4.65. The Bertz CT molecular complexity index is 682. The van der Waals surface area contributed by atoms with E-state index in [-0.39, 0.29) is 12.0 Å². The van der Waals surface area contributed by atoms with Crippen LogP contribution in [0.25, 0.3) is 0 Å². The van der Waals surface area contributed by atoms with Gasteiger partial charge in [0.25, 0.3) is 0 Å². The standard InChI is InChI=1S/C19H22N2O3/c1-24-17-6-2-4-15(12-17)18(16-5-3-9-20-13-16)21-10-7-14(8-11-21)19(22)23/h2-6,9,12-14,18H,7-8,10-11H2,1H3,(H,22,23). The molecule has 1 atom stereocenters. The van der Waals surface area contributed by atoms with Crippen LogP contribution in [0.5, 0.6) is 5.75 Å². The molecule has 0 spiro atoms. The van der Waals surface area contributed by atoms with Crippen molar-refractivity contribution in [2.45, 2.75) is 18.9 Å². The number of ether oxygens (including phenoxy) is 1. The lowest BCUT2D eigenvalue weighted by molar-refractivity contribution is -0.143. The molecule has 2 heterocycles. The Morgan fingerprint density at radius 3 is 2.62 bits per heavy atom. The lowest BCUT2D eigenvalue weighted by atomic mass is 9.92. The van der Waals surface area contributed by atoms with Gasteiger partial charge in [-0.2, -0.15) is 0 Å². The Kier molecular flexibility index (Phi) is 5.11. The quantitative estimate of drug-likeness (QED) is 0.915. The minimum Gasteiger partial charge on any atom is -0.497 e. The van der Waals surface area contributed by atoms with Crippen LogP contribution in [0.15, 0.2) is 48.8 Å². The highest BCUT2D eigenvalue weighted by atomic mass is 16.5. The summed E-state index contributed by atoms with van der Waals surface area (Å²) in [6, 6.07) is 12.1. The summed E-state index contributed by atoms with van der Waals surface area (Å²) in [5.41, 5.74) is 2.25. The van der Waals surface area contributed by atoms with Crippen LogP contribution in [0, 0.1) is 5.92 Å². The molecule has 3 rings (SSSR count). The molecular weight excluding hydrogens is 304 g/mol. The van der Waals surface area contributed by atoms with Crippen molar-refractivity contribution in [1.29, 1.82) is 0 Å². The lowest BCUT2D eigenvalue weighted by Gasteiger charge is -2.37. The van der Waals surface area contributed by atoms with Crippen LogP contribution in [0.4, 0.5) is 0 Å². The van der Waals surface area contributed by atoms with Crippen LogP contribution >= 0.6 is 0 Å². The molecule has 1 aliphatic heterocycles. The topological polar surface area (TPSA) is 62.7 Å². The highest BCUT2D eigenvalue weighted by molar-refractivity contribution is 5.70. The number of carbonyl (C=O) groups is 1. The predicted octanol–water partition coefficient (Wildman–Crippen LogP) is 2.98. The van der Waals surface area contributed by atoms with E-state index in [1.165, 1.54) is 0 Å². The number of benzene rings is 1. The molecule has 5 heteroatoms. The summed E-state index contributed by atoms with van der Waals surface area (Å²) < 4.78 is 5.36. The number of hydrogen-bond donors (Lipinski definition) is 1. The average molecular weight is 326 g/mol. The zero-order chi connectivity index (χ0) is 16.9. The summed E-state index contributed by atoms with van der Waals surface area (Å²) in [6.45, 7) is 1.52. The van der Waals surface area contributed by atoms with E-state index in [1.54, 1.807) is 13.3 Å². The van der Waals surface area contributed by atoms with Crippen LogP contribution in [0.2, 0.25) is 0 Å². The van der Waals surface area contributed by atoms with E-state index in [4.69, 9.17) is 4.74 Å². The highest BCUT2D eigenvalue weighted by Crippen LogP contribution is 2.33. The summed E-state index contributed by atoms with van der Waals surface area (Å²) in [5.74, 6) is -0.100. The van der Waals surface area contributed by atoms with Crippen LogP contribution < -0.4 is 4.74 Å². The van der Waals surface area contributed by atoms with E-state index in [0.29, 0.717) is 12.8 Å². The predicted molar refractivity (Wildman–Crippen MR) is 91.0 cm³/mol. The number of rotatable bonds is 5. The van der Waals surface area contributed by atoms with E-state index in [2.05, 4.69) is 22.0 Å². The minimum atomic E-state index is -0.686. The Labute approximate surface area is 141 Å². The van der Waals surface area contributed by atoms with Gasteiger partial charge in [-0.05, 0) is 55.3 Å². The number of likely N-dealkylation sites (tertiary alicyclic amines) is 1. The molecule has 0 radical (unpaired) electrons. The molecule has 1 N–H and O–H groups in total. The molecule has 1 fully saturated rings. The van der Waals surface area contributed by atoms with Gasteiger partial charge in [-0.25, -0.2) is 0 Å². The second-order valence-electron chi connectivity index (χ2n) is 6.11. The molecule has 1 unspecified atom stereocenters. The molecule has 2 aromatic rings. The SMILES string of the molecule is COc1cccc(C(c2cccnc2)N2CCC(C(=O)O)CC2)c1. The van der Waals surface area contributed by atoms with E-state index in [9.17, 15) is 9.90 Å². The van der Waals surface area contributed by atoms with Gasteiger partial charge in [-0.3, -0.25) is 14.7 Å². The van der Waals surface area contributed by atoms with Gasteiger partial charge in [0, 0.05) is 12.4 Å². The zero-order valence-corrected chi connectivity index (χ0v) is 13.8. The number of aromatic nitrogens is 1. The van der Waals surface area contributed by atoms with Gasteiger partial charge < -0.3 is 9.84 Å². The van der Waals surface area contributed by atoms with E-state index in [0.717, 1.165) is 30.0 Å². The fourth-order valence-corrected chi connectivity index (χ4v) is 3.37. The molecule has 126 valence electrons. The summed E-state index contributed by atoms with van der Waals surface area (Å²) >= 11 is 0. The van der Waals surface area contributed by atoms with Crippen molar-refractivity contribution in [3.8, 4) is 5.75 Å². The number of aliphatic carboxylic acids is 1. The van der Waals surface area contributed by atoms with Gasteiger partial charge in [0.15, 0.2) is 0 Å². The van der Waals surface area contributed by atoms with Gasteiger partial charge in [0.1, 0.15) is 5.75 Å². The van der Waals surface area contributed by atoms with Crippen LogP contribution in [0.1, 0.15) is 30.0 Å². The van der Waals surface area contributed by atoms with Gasteiger partial charge in [-0.15, -0.1) is 0 Å². The van der Waals surface area contributed by atoms with Gasteiger partial charge in [-0.1, -0.05) is 18.2 Å².